The number of nitrogens with one attached hydrogen (secondary N) is 1. The quantitative estimate of drug-likeness (QED) is 0.352. The Labute approximate surface area is 207 Å². The Morgan fingerprint density at radius 3 is 2.46 bits per heavy atom. The molecule has 8 heteroatoms. The van der Waals surface area contributed by atoms with Crippen LogP contribution in [0.5, 0.6) is 17.2 Å². The lowest BCUT2D eigenvalue weighted by Gasteiger charge is -2.14. The Balaban J connectivity index is 1.70. The summed E-state index contributed by atoms with van der Waals surface area (Å²) in [7, 11) is 3.03. The molecule has 1 N–H and O–H groups in total. The van der Waals surface area contributed by atoms with Crippen LogP contribution in [-0.4, -0.2) is 26.7 Å². The molecule has 0 aliphatic rings. The molecule has 0 bridgehead atoms. The highest BCUT2D eigenvalue weighted by atomic mass is 35.5. The van der Waals surface area contributed by atoms with Gasteiger partial charge >= 0.3 is 0 Å². The fourth-order valence-corrected chi connectivity index (χ4v) is 4.06. The fraction of sp³-hybridized carbons (Fsp3) is 0.185. The van der Waals surface area contributed by atoms with Crippen molar-refractivity contribution >= 4 is 34.2 Å². The number of benzene rings is 3. The lowest BCUT2D eigenvalue weighted by molar-refractivity contribution is -0.118. The minimum atomic E-state index is -0.470. The molecule has 0 spiro atoms. The van der Waals surface area contributed by atoms with Crippen LogP contribution in [0.15, 0.2) is 63.8 Å². The molecule has 0 saturated heterocycles. The largest absolute Gasteiger partial charge is 0.493 e. The first-order valence-electron chi connectivity index (χ1n) is 10.8. The van der Waals surface area contributed by atoms with Gasteiger partial charge in [-0.3, -0.25) is 9.59 Å². The predicted molar refractivity (Wildman–Crippen MR) is 136 cm³/mol. The normalized spacial score (nSPS) is 10.8. The third-order valence-corrected chi connectivity index (χ3v) is 5.74. The van der Waals surface area contributed by atoms with Gasteiger partial charge in [-0.25, -0.2) is 0 Å². The highest BCUT2D eigenvalue weighted by molar-refractivity contribution is 6.33. The molecule has 4 aromatic rings. The first-order chi connectivity index (χ1) is 16.8. The third-order valence-electron chi connectivity index (χ3n) is 5.41. The van der Waals surface area contributed by atoms with E-state index in [9.17, 15) is 9.59 Å². The van der Waals surface area contributed by atoms with E-state index in [2.05, 4.69) is 5.32 Å². The molecule has 1 heterocycles. The summed E-state index contributed by atoms with van der Waals surface area (Å²) in [4.78, 5) is 26.1. The van der Waals surface area contributed by atoms with Gasteiger partial charge in [0.25, 0.3) is 5.91 Å². The maximum atomic E-state index is 13.5. The van der Waals surface area contributed by atoms with Crippen molar-refractivity contribution < 1.29 is 23.4 Å². The topological polar surface area (TPSA) is 87.0 Å². The number of carbonyl (C=O) groups excluding carboxylic acids is 1. The Morgan fingerprint density at radius 2 is 1.74 bits per heavy atom. The van der Waals surface area contributed by atoms with Crippen molar-refractivity contribution in [3.63, 3.8) is 0 Å². The van der Waals surface area contributed by atoms with Gasteiger partial charge in [-0.15, -0.1) is 0 Å². The van der Waals surface area contributed by atoms with E-state index in [-0.39, 0.29) is 16.9 Å². The van der Waals surface area contributed by atoms with Crippen LogP contribution in [0.2, 0.25) is 5.02 Å². The number of ether oxygens (including phenoxy) is 3. The van der Waals surface area contributed by atoms with Crippen LogP contribution in [0, 0.1) is 13.8 Å². The summed E-state index contributed by atoms with van der Waals surface area (Å²) in [6, 6.07) is 15.6. The lowest BCUT2D eigenvalue weighted by atomic mass is 10.1. The van der Waals surface area contributed by atoms with E-state index in [1.54, 1.807) is 48.5 Å². The van der Waals surface area contributed by atoms with E-state index in [0.717, 1.165) is 11.1 Å². The van der Waals surface area contributed by atoms with Crippen LogP contribution >= 0.6 is 11.6 Å². The van der Waals surface area contributed by atoms with E-state index < -0.39 is 12.5 Å². The Bertz CT molecular complexity index is 1480. The molecule has 0 fully saturated rings. The number of aryl methyl sites for hydroxylation is 2. The molecule has 4 rings (SSSR count). The molecule has 1 aromatic heterocycles. The molecule has 0 aliphatic heterocycles. The second-order valence-electron chi connectivity index (χ2n) is 7.93. The number of hydrogen-bond donors (Lipinski definition) is 1. The molecule has 0 saturated carbocycles. The van der Waals surface area contributed by atoms with Crippen molar-refractivity contribution in [3.05, 3.63) is 81.0 Å². The summed E-state index contributed by atoms with van der Waals surface area (Å²) >= 11 is 6.40. The number of halogens is 1. The molecule has 180 valence electrons. The number of anilines is 1. The zero-order valence-electron chi connectivity index (χ0n) is 19.7. The van der Waals surface area contributed by atoms with Crippen LogP contribution < -0.4 is 25.0 Å². The Kier molecular flexibility index (Phi) is 6.98. The molecule has 0 radical (unpaired) electrons. The monoisotopic (exact) mass is 493 g/mol. The molecular weight excluding hydrogens is 470 g/mol. The van der Waals surface area contributed by atoms with Gasteiger partial charge in [0.2, 0.25) is 11.2 Å². The van der Waals surface area contributed by atoms with Crippen molar-refractivity contribution in [2.24, 2.45) is 0 Å². The highest BCUT2D eigenvalue weighted by Gasteiger charge is 2.21. The minimum absolute atomic E-state index is 0.0851. The van der Waals surface area contributed by atoms with E-state index >= 15 is 0 Å². The second-order valence-corrected chi connectivity index (χ2v) is 8.34. The summed E-state index contributed by atoms with van der Waals surface area (Å²) < 4.78 is 22.4. The molecule has 0 aliphatic carbocycles. The van der Waals surface area contributed by atoms with Gasteiger partial charge in [0, 0.05) is 17.3 Å². The molecule has 0 atom stereocenters. The lowest BCUT2D eigenvalue weighted by Crippen LogP contribution is -2.22. The molecule has 35 heavy (non-hydrogen) atoms. The Hall–Kier alpha value is -3.97. The maximum Gasteiger partial charge on any atom is 0.262 e. The summed E-state index contributed by atoms with van der Waals surface area (Å²) in [6.07, 6.45) is 0. The van der Waals surface area contributed by atoms with Gasteiger partial charge in [0.05, 0.1) is 24.6 Å². The zero-order chi connectivity index (χ0) is 25.1. The molecular formula is C27H24ClNO6. The van der Waals surface area contributed by atoms with Gasteiger partial charge in [0.1, 0.15) is 5.58 Å². The first-order valence-corrected chi connectivity index (χ1v) is 11.2. The van der Waals surface area contributed by atoms with Crippen LogP contribution in [0.3, 0.4) is 0 Å². The van der Waals surface area contributed by atoms with E-state index in [4.69, 9.17) is 30.2 Å². The average Bonchev–Trinajstić information content (AvgIpc) is 2.84. The SMILES string of the molecule is COc1ccc(NC(=O)COc2c(-c3ccccc3Cl)oc3c(C)cc(C)cc3c2=O)cc1OC. The summed E-state index contributed by atoms with van der Waals surface area (Å²) in [6.45, 7) is 3.34. The second kappa shape index (κ2) is 10.1. The van der Waals surface area contributed by atoms with Gasteiger partial charge in [0.15, 0.2) is 23.9 Å². The van der Waals surface area contributed by atoms with Crippen molar-refractivity contribution in [3.8, 4) is 28.6 Å². The first kappa shape index (κ1) is 24.2. The summed E-state index contributed by atoms with van der Waals surface area (Å²) in [5.41, 5.74) is 2.75. The van der Waals surface area contributed by atoms with E-state index in [1.807, 2.05) is 19.9 Å². The minimum Gasteiger partial charge on any atom is -0.493 e. The fourth-order valence-electron chi connectivity index (χ4n) is 3.83. The highest BCUT2D eigenvalue weighted by Crippen LogP contribution is 2.36. The zero-order valence-corrected chi connectivity index (χ0v) is 20.5. The molecule has 0 unspecified atom stereocenters. The van der Waals surface area contributed by atoms with Crippen LogP contribution in [0.4, 0.5) is 5.69 Å². The van der Waals surface area contributed by atoms with Gasteiger partial charge in [-0.1, -0.05) is 29.8 Å². The van der Waals surface area contributed by atoms with Crippen LogP contribution in [0.1, 0.15) is 11.1 Å². The number of hydrogen-bond acceptors (Lipinski definition) is 6. The molecule has 3 aromatic carbocycles. The smallest absolute Gasteiger partial charge is 0.262 e. The van der Waals surface area contributed by atoms with Gasteiger partial charge in [-0.2, -0.15) is 0 Å². The van der Waals surface area contributed by atoms with Crippen LogP contribution in [0.25, 0.3) is 22.3 Å². The van der Waals surface area contributed by atoms with Gasteiger partial charge in [-0.05, 0) is 55.3 Å². The number of amides is 1. The van der Waals surface area contributed by atoms with Crippen LogP contribution in [-0.2, 0) is 4.79 Å². The Morgan fingerprint density at radius 1 is 1.00 bits per heavy atom. The van der Waals surface area contributed by atoms with Crippen molar-refractivity contribution in [2.75, 3.05) is 26.1 Å². The van der Waals surface area contributed by atoms with Gasteiger partial charge < -0.3 is 23.9 Å². The number of methoxy groups -OCH3 is 2. The van der Waals surface area contributed by atoms with E-state index in [1.165, 1.54) is 14.2 Å². The van der Waals surface area contributed by atoms with Crippen molar-refractivity contribution in [1.82, 2.24) is 0 Å². The standard InChI is InChI=1S/C27H24ClNO6/c1-15-11-16(2)25-19(12-15)24(31)27(26(35-25)18-7-5-6-8-20(18)28)34-14-23(30)29-17-9-10-21(32-3)22(13-17)33-4/h5-13H,14H2,1-4H3,(H,29,30). The summed E-state index contributed by atoms with van der Waals surface area (Å²) in [5, 5.41) is 3.48. The number of carbonyl (C=O) groups is 1. The van der Waals surface area contributed by atoms with Crippen molar-refractivity contribution in [2.45, 2.75) is 13.8 Å². The predicted octanol–water partition coefficient (Wildman–Crippen LogP) is 5.76. The third kappa shape index (κ3) is 4.95. The molecule has 7 nitrogen and oxygen atoms in total. The number of fused-ring (bicyclic) bond motifs is 1. The summed E-state index contributed by atoms with van der Waals surface area (Å²) in [5.74, 6) is 0.609. The molecule has 1 amide bonds. The number of rotatable bonds is 7. The van der Waals surface area contributed by atoms with E-state index in [0.29, 0.717) is 38.7 Å². The van der Waals surface area contributed by atoms with Crippen molar-refractivity contribution in [1.29, 1.82) is 0 Å². The maximum absolute atomic E-state index is 13.5. The average molecular weight is 494 g/mol.